The molecule has 0 spiro atoms. The van der Waals surface area contributed by atoms with Crippen molar-refractivity contribution in [3.63, 3.8) is 0 Å². The van der Waals surface area contributed by atoms with Crippen LogP contribution >= 0.6 is 0 Å². The number of nitrogens with zero attached hydrogens (tertiary/aromatic N) is 1. The van der Waals surface area contributed by atoms with Crippen LogP contribution in [0.1, 0.15) is 38.8 Å². The van der Waals surface area contributed by atoms with E-state index in [1.165, 1.54) is 5.56 Å². The lowest BCUT2D eigenvalue weighted by Crippen LogP contribution is -2.17. The van der Waals surface area contributed by atoms with Crippen molar-refractivity contribution in [2.75, 3.05) is 11.9 Å². The van der Waals surface area contributed by atoms with E-state index < -0.39 is 0 Å². The number of anilines is 1. The van der Waals surface area contributed by atoms with E-state index in [9.17, 15) is 0 Å². The number of aromatic nitrogens is 1. The quantitative estimate of drug-likeness (QED) is 0.801. The molecule has 1 heterocycles. The lowest BCUT2D eigenvalue weighted by atomic mass is 9.96. The van der Waals surface area contributed by atoms with Gasteiger partial charge in [-0.2, -0.15) is 0 Å². The normalized spacial score (nSPS) is 12.2. The largest absolute Gasteiger partial charge is 0.494 e. The van der Waals surface area contributed by atoms with Crippen molar-refractivity contribution in [2.24, 2.45) is 5.92 Å². The lowest BCUT2D eigenvalue weighted by Gasteiger charge is -2.23. The van der Waals surface area contributed by atoms with E-state index in [-0.39, 0.29) is 6.04 Å². The Morgan fingerprint density at radius 3 is 2.43 bits per heavy atom. The van der Waals surface area contributed by atoms with Crippen LogP contribution in [0.3, 0.4) is 0 Å². The molecule has 1 N–H and O–H groups in total. The Bertz CT molecular complexity index is 523. The fourth-order valence-electron chi connectivity index (χ4n) is 2.23. The number of hydrogen-bond donors (Lipinski definition) is 1. The maximum atomic E-state index is 5.64. The topological polar surface area (TPSA) is 34.1 Å². The minimum absolute atomic E-state index is 0.236. The molecule has 0 saturated carbocycles. The highest BCUT2D eigenvalue weighted by Gasteiger charge is 2.16. The van der Waals surface area contributed by atoms with Crippen LogP contribution in [0.2, 0.25) is 0 Å². The molecule has 2 rings (SSSR count). The lowest BCUT2D eigenvalue weighted by molar-refractivity contribution is 0.317. The molecule has 1 unspecified atom stereocenters. The molecule has 0 amide bonds. The number of benzene rings is 1. The Balaban J connectivity index is 2.11. The summed E-state index contributed by atoms with van der Waals surface area (Å²) in [7, 11) is 0. The van der Waals surface area contributed by atoms with E-state index in [1.54, 1.807) is 6.20 Å². The number of ether oxygens (including phenoxy) is 1. The van der Waals surface area contributed by atoms with Gasteiger partial charge >= 0.3 is 0 Å². The smallest absolute Gasteiger partial charge is 0.126 e. The van der Waals surface area contributed by atoms with E-state index in [1.807, 2.05) is 30.3 Å². The maximum absolute atomic E-state index is 5.64. The predicted octanol–water partition coefficient (Wildman–Crippen LogP) is 4.68. The summed E-state index contributed by atoms with van der Waals surface area (Å²) in [4.78, 5) is 4.35. The average molecular weight is 284 g/mol. The van der Waals surface area contributed by atoms with Gasteiger partial charge in [0.25, 0.3) is 0 Å². The molecule has 2 aromatic rings. The minimum Gasteiger partial charge on any atom is -0.494 e. The third-order valence-electron chi connectivity index (χ3n) is 3.35. The molecule has 1 aromatic heterocycles. The molecule has 0 aliphatic rings. The average Bonchev–Trinajstić information content (AvgIpc) is 2.52. The van der Waals surface area contributed by atoms with E-state index >= 15 is 0 Å². The third kappa shape index (κ3) is 4.48. The minimum atomic E-state index is 0.236. The van der Waals surface area contributed by atoms with E-state index in [4.69, 9.17) is 4.74 Å². The van der Waals surface area contributed by atoms with Crippen LogP contribution < -0.4 is 10.1 Å². The van der Waals surface area contributed by atoms with Crippen molar-refractivity contribution >= 4 is 5.82 Å². The molecule has 21 heavy (non-hydrogen) atoms. The second-order valence-electron chi connectivity index (χ2n) is 5.50. The Morgan fingerprint density at radius 2 is 1.86 bits per heavy atom. The molecule has 0 bridgehead atoms. The highest BCUT2D eigenvalue weighted by Crippen LogP contribution is 2.27. The molecule has 0 fully saturated rings. The van der Waals surface area contributed by atoms with E-state index in [0.29, 0.717) is 5.92 Å². The summed E-state index contributed by atoms with van der Waals surface area (Å²) in [5.41, 5.74) is 1.25. The molecular weight excluding hydrogens is 260 g/mol. The van der Waals surface area contributed by atoms with Gasteiger partial charge in [-0.25, -0.2) is 4.98 Å². The number of hydrogen-bond acceptors (Lipinski definition) is 3. The van der Waals surface area contributed by atoms with Crippen LogP contribution in [0.5, 0.6) is 5.75 Å². The van der Waals surface area contributed by atoms with Gasteiger partial charge in [0.2, 0.25) is 0 Å². The van der Waals surface area contributed by atoms with Crippen LogP contribution in [0, 0.1) is 5.92 Å². The van der Waals surface area contributed by atoms with Crippen LogP contribution in [0.25, 0.3) is 0 Å². The first-order chi connectivity index (χ1) is 10.2. The third-order valence-corrected chi connectivity index (χ3v) is 3.35. The fraction of sp³-hybridized carbons (Fsp3) is 0.389. The van der Waals surface area contributed by atoms with Gasteiger partial charge in [0, 0.05) is 6.20 Å². The molecular formula is C18H24N2O. The standard InChI is InChI=1S/C18H24N2O/c1-4-13-21-16-10-8-15(9-11-16)18(14(2)3)20-17-7-5-6-12-19-17/h5-12,14,18H,4,13H2,1-3H3,(H,19,20). The molecule has 3 heteroatoms. The van der Waals surface area contributed by atoms with Crippen LogP contribution in [-0.2, 0) is 0 Å². The Hall–Kier alpha value is -2.03. The van der Waals surface area contributed by atoms with Crippen molar-refractivity contribution in [3.05, 3.63) is 54.2 Å². The Labute approximate surface area is 127 Å². The fourth-order valence-corrected chi connectivity index (χ4v) is 2.23. The molecule has 0 aliphatic heterocycles. The number of rotatable bonds is 7. The predicted molar refractivity (Wildman–Crippen MR) is 87.7 cm³/mol. The summed E-state index contributed by atoms with van der Waals surface area (Å²) in [5.74, 6) is 2.30. The van der Waals surface area contributed by atoms with Gasteiger partial charge in [-0.3, -0.25) is 0 Å². The van der Waals surface area contributed by atoms with Crippen LogP contribution in [-0.4, -0.2) is 11.6 Å². The van der Waals surface area contributed by atoms with Gasteiger partial charge in [0.15, 0.2) is 0 Å². The van der Waals surface area contributed by atoms with Gasteiger partial charge in [-0.15, -0.1) is 0 Å². The molecule has 1 aromatic carbocycles. The first kappa shape index (κ1) is 15.4. The van der Waals surface area contributed by atoms with E-state index in [2.05, 4.69) is 43.2 Å². The first-order valence-corrected chi connectivity index (χ1v) is 7.61. The summed E-state index contributed by atoms with van der Waals surface area (Å²) in [6, 6.07) is 14.5. The van der Waals surface area contributed by atoms with Crippen molar-refractivity contribution in [3.8, 4) is 5.75 Å². The van der Waals surface area contributed by atoms with Gasteiger partial charge < -0.3 is 10.1 Å². The summed E-state index contributed by atoms with van der Waals surface area (Å²) in [6.07, 6.45) is 2.83. The van der Waals surface area contributed by atoms with E-state index in [0.717, 1.165) is 24.6 Å². The van der Waals surface area contributed by atoms with Crippen molar-refractivity contribution < 1.29 is 4.74 Å². The molecule has 1 atom stereocenters. The van der Waals surface area contributed by atoms with Crippen molar-refractivity contribution in [1.82, 2.24) is 4.98 Å². The van der Waals surface area contributed by atoms with Crippen molar-refractivity contribution in [1.29, 1.82) is 0 Å². The highest BCUT2D eigenvalue weighted by molar-refractivity contribution is 5.39. The molecule has 112 valence electrons. The van der Waals surface area contributed by atoms with Gasteiger partial charge in [-0.05, 0) is 42.2 Å². The van der Waals surface area contributed by atoms with Gasteiger partial charge in [0.05, 0.1) is 12.6 Å². The summed E-state index contributed by atoms with van der Waals surface area (Å²) < 4.78 is 5.64. The van der Waals surface area contributed by atoms with Crippen LogP contribution in [0.15, 0.2) is 48.7 Å². The first-order valence-electron chi connectivity index (χ1n) is 7.61. The number of pyridine rings is 1. The monoisotopic (exact) mass is 284 g/mol. The zero-order valence-corrected chi connectivity index (χ0v) is 13.0. The Kier molecular flexibility index (Phi) is 5.61. The molecule has 3 nitrogen and oxygen atoms in total. The summed E-state index contributed by atoms with van der Waals surface area (Å²) in [6.45, 7) is 7.29. The number of nitrogens with one attached hydrogen (secondary N) is 1. The molecule has 0 radical (unpaired) electrons. The Morgan fingerprint density at radius 1 is 1.10 bits per heavy atom. The van der Waals surface area contributed by atoms with Crippen molar-refractivity contribution in [2.45, 2.75) is 33.2 Å². The summed E-state index contributed by atoms with van der Waals surface area (Å²) >= 11 is 0. The summed E-state index contributed by atoms with van der Waals surface area (Å²) in [5, 5.41) is 3.51. The maximum Gasteiger partial charge on any atom is 0.126 e. The second kappa shape index (κ2) is 7.67. The zero-order chi connectivity index (χ0) is 15.1. The SMILES string of the molecule is CCCOc1ccc(C(Nc2ccccn2)C(C)C)cc1. The zero-order valence-electron chi connectivity index (χ0n) is 13.0. The highest BCUT2D eigenvalue weighted by atomic mass is 16.5. The van der Waals surface area contributed by atoms with Gasteiger partial charge in [0.1, 0.15) is 11.6 Å². The van der Waals surface area contributed by atoms with Gasteiger partial charge in [-0.1, -0.05) is 39.0 Å². The van der Waals surface area contributed by atoms with Crippen LogP contribution in [0.4, 0.5) is 5.82 Å². The second-order valence-corrected chi connectivity index (χ2v) is 5.50. The molecule has 0 aliphatic carbocycles. The molecule has 0 saturated heterocycles.